The lowest BCUT2D eigenvalue weighted by atomic mass is 9.89. The third kappa shape index (κ3) is 7.73. The molecule has 15 heavy (non-hydrogen) atoms. The number of hydrogen-bond acceptors (Lipinski definition) is 4. The summed E-state index contributed by atoms with van der Waals surface area (Å²) in [6.07, 6.45) is 0.0866. The maximum absolute atomic E-state index is 5.65. The first-order valence-corrected chi connectivity index (χ1v) is 5.40. The van der Waals surface area contributed by atoms with Crippen LogP contribution in [0.2, 0.25) is 0 Å². The van der Waals surface area contributed by atoms with E-state index < -0.39 is 0 Å². The second-order valence-corrected chi connectivity index (χ2v) is 4.57. The first-order valence-electron chi connectivity index (χ1n) is 5.40. The summed E-state index contributed by atoms with van der Waals surface area (Å²) in [5.74, 6) is 0. The van der Waals surface area contributed by atoms with E-state index in [0.717, 1.165) is 0 Å². The van der Waals surface area contributed by atoms with E-state index in [1.165, 1.54) is 0 Å². The first kappa shape index (κ1) is 14.8. The molecule has 92 valence electrons. The minimum absolute atomic E-state index is 0.0846. The summed E-state index contributed by atoms with van der Waals surface area (Å²) in [5.41, 5.74) is 5.72. The second-order valence-electron chi connectivity index (χ2n) is 4.57. The molecule has 0 aromatic carbocycles. The van der Waals surface area contributed by atoms with Gasteiger partial charge in [-0.2, -0.15) is 0 Å². The fraction of sp³-hybridized carbons (Fsp3) is 1.00. The van der Waals surface area contributed by atoms with Gasteiger partial charge in [0.15, 0.2) is 0 Å². The van der Waals surface area contributed by atoms with Crippen molar-refractivity contribution in [2.45, 2.75) is 26.9 Å². The van der Waals surface area contributed by atoms with Crippen molar-refractivity contribution < 1.29 is 14.2 Å². The Labute approximate surface area is 93.1 Å². The van der Waals surface area contributed by atoms with Crippen molar-refractivity contribution in [2.24, 2.45) is 11.1 Å². The Kier molecular flexibility index (Phi) is 7.96. The van der Waals surface area contributed by atoms with Gasteiger partial charge < -0.3 is 19.9 Å². The summed E-state index contributed by atoms with van der Waals surface area (Å²) in [4.78, 5) is 0. The molecule has 2 N–H and O–H groups in total. The topological polar surface area (TPSA) is 53.7 Å². The van der Waals surface area contributed by atoms with Gasteiger partial charge in [0.1, 0.15) is 0 Å². The van der Waals surface area contributed by atoms with Crippen molar-refractivity contribution in [3.63, 3.8) is 0 Å². The van der Waals surface area contributed by atoms with Gasteiger partial charge in [0.05, 0.1) is 32.5 Å². The number of ether oxygens (including phenoxy) is 3. The van der Waals surface area contributed by atoms with Crippen LogP contribution in [0.1, 0.15) is 20.8 Å². The molecule has 0 heterocycles. The maximum atomic E-state index is 5.65. The Morgan fingerprint density at radius 3 is 2.13 bits per heavy atom. The highest BCUT2D eigenvalue weighted by Crippen LogP contribution is 2.20. The molecule has 0 aromatic heterocycles. The van der Waals surface area contributed by atoms with Crippen LogP contribution in [0.4, 0.5) is 0 Å². The van der Waals surface area contributed by atoms with Crippen LogP contribution in [0.15, 0.2) is 0 Å². The molecule has 0 radical (unpaired) electrons. The molecule has 1 unspecified atom stereocenters. The van der Waals surface area contributed by atoms with Crippen molar-refractivity contribution in [1.29, 1.82) is 0 Å². The molecule has 0 aliphatic heterocycles. The Balaban J connectivity index is 3.48. The minimum Gasteiger partial charge on any atom is -0.382 e. The third-order valence-corrected chi connectivity index (χ3v) is 2.16. The molecule has 1 atom stereocenters. The fourth-order valence-electron chi connectivity index (χ4n) is 1.17. The Morgan fingerprint density at radius 1 is 1.07 bits per heavy atom. The fourth-order valence-corrected chi connectivity index (χ4v) is 1.17. The predicted molar refractivity (Wildman–Crippen MR) is 60.9 cm³/mol. The van der Waals surface area contributed by atoms with Crippen LogP contribution >= 0.6 is 0 Å². The number of nitrogens with two attached hydrogens (primary N) is 1. The van der Waals surface area contributed by atoms with E-state index in [1.807, 2.05) is 0 Å². The number of rotatable bonds is 8. The molecule has 0 spiro atoms. The molecule has 0 amide bonds. The predicted octanol–water partition coefficient (Wildman–Crippen LogP) is 1.04. The lowest BCUT2D eigenvalue weighted by Crippen LogP contribution is -2.37. The largest absolute Gasteiger partial charge is 0.382 e. The van der Waals surface area contributed by atoms with Crippen LogP contribution in [-0.4, -0.2) is 46.2 Å². The molecule has 4 heteroatoms. The van der Waals surface area contributed by atoms with E-state index in [2.05, 4.69) is 20.8 Å². The molecule has 0 aliphatic rings. The van der Waals surface area contributed by atoms with Crippen molar-refractivity contribution in [2.75, 3.05) is 40.1 Å². The zero-order chi connectivity index (χ0) is 11.7. The van der Waals surface area contributed by atoms with Crippen LogP contribution in [0.3, 0.4) is 0 Å². The van der Waals surface area contributed by atoms with Crippen molar-refractivity contribution in [3.8, 4) is 0 Å². The minimum atomic E-state index is 0.0846. The second kappa shape index (κ2) is 8.05. The smallest absolute Gasteiger partial charge is 0.0746 e. The van der Waals surface area contributed by atoms with E-state index >= 15 is 0 Å². The molecule has 0 bridgehead atoms. The average molecular weight is 219 g/mol. The van der Waals surface area contributed by atoms with Gasteiger partial charge in [-0.05, 0) is 5.41 Å². The highest BCUT2D eigenvalue weighted by atomic mass is 16.5. The maximum Gasteiger partial charge on any atom is 0.0746 e. The quantitative estimate of drug-likeness (QED) is 0.620. The summed E-state index contributed by atoms with van der Waals surface area (Å²) in [6.45, 7) is 9.32. The van der Waals surface area contributed by atoms with E-state index in [-0.39, 0.29) is 11.5 Å². The Morgan fingerprint density at radius 2 is 1.67 bits per heavy atom. The summed E-state index contributed by atoms with van der Waals surface area (Å²) >= 11 is 0. The summed E-state index contributed by atoms with van der Waals surface area (Å²) in [5, 5.41) is 0. The van der Waals surface area contributed by atoms with E-state index in [9.17, 15) is 0 Å². The summed E-state index contributed by atoms with van der Waals surface area (Å²) in [7, 11) is 1.66. The summed E-state index contributed by atoms with van der Waals surface area (Å²) < 4.78 is 15.8. The van der Waals surface area contributed by atoms with Crippen LogP contribution in [-0.2, 0) is 14.2 Å². The van der Waals surface area contributed by atoms with E-state index in [4.69, 9.17) is 19.9 Å². The normalized spacial score (nSPS) is 14.2. The average Bonchev–Trinajstić information content (AvgIpc) is 2.15. The van der Waals surface area contributed by atoms with Gasteiger partial charge in [-0.3, -0.25) is 0 Å². The van der Waals surface area contributed by atoms with Gasteiger partial charge in [0.2, 0.25) is 0 Å². The Bertz CT molecular complexity index is 145. The molecular formula is C11H25NO3. The van der Waals surface area contributed by atoms with Crippen molar-refractivity contribution >= 4 is 0 Å². The van der Waals surface area contributed by atoms with Crippen LogP contribution < -0.4 is 5.73 Å². The first-order chi connectivity index (χ1) is 7.02. The lowest BCUT2D eigenvalue weighted by Gasteiger charge is -2.29. The third-order valence-electron chi connectivity index (χ3n) is 2.16. The molecule has 0 fully saturated rings. The van der Waals surface area contributed by atoms with E-state index in [1.54, 1.807) is 7.11 Å². The van der Waals surface area contributed by atoms with Crippen molar-refractivity contribution in [1.82, 2.24) is 0 Å². The number of hydrogen-bond donors (Lipinski definition) is 1. The molecule has 0 saturated heterocycles. The molecule has 4 nitrogen and oxygen atoms in total. The molecule has 0 aliphatic carbocycles. The van der Waals surface area contributed by atoms with Gasteiger partial charge in [-0.1, -0.05) is 20.8 Å². The highest BCUT2D eigenvalue weighted by molar-refractivity contribution is 4.74. The SMILES string of the molecule is COCCOCCOC(CN)C(C)(C)C. The number of methoxy groups -OCH3 is 1. The lowest BCUT2D eigenvalue weighted by molar-refractivity contribution is -0.0427. The van der Waals surface area contributed by atoms with Crippen molar-refractivity contribution in [3.05, 3.63) is 0 Å². The molecule has 0 aromatic rings. The molecule has 0 saturated carbocycles. The van der Waals surface area contributed by atoms with Crippen LogP contribution in [0.25, 0.3) is 0 Å². The zero-order valence-corrected chi connectivity index (χ0v) is 10.4. The van der Waals surface area contributed by atoms with Crippen LogP contribution in [0, 0.1) is 5.41 Å². The van der Waals surface area contributed by atoms with Gasteiger partial charge >= 0.3 is 0 Å². The van der Waals surface area contributed by atoms with Gasteiger partial charge in [-0.15, -0.1) is 0 Å². The van der Waals surface area contributed by atoms with Crippen LogP contribution in [0.5, 0.6) is 0 Å². The van der Waals surface area contributed by atoms with E-state index in [0.29, 0.717) is 33.0 Å². The standard InChI is InChI=1S/C11H25NO3/c1-11(2,3)10(9-12)15-8-7-14-6-5-13-4/h10H,5-9,12H2,1-4H3. The van der Waals surface area contributed by atoms with Gasteiger partial charge in [0, 0.05) is 13.7 Å². The Hall–Kier alpha value is -0.160. The zero-order valence-electron chi connectivity index (χ0n) is 10.4. The van der Waals surface area contributed by atoms with Gasteiger partial charge in [0.25, 0.3) is 0 Å². The van der Waals surface area contributed by atoms with Gasteiger partial charge in [-0.25, -0.2) is 0 Å². The molecule has 0 rings (SSSR count). The summed E-state index contributed by atoms with van der Waals surface area (Å²) in [6, 6.07) is 0. The molecular weight excluding hydrogens is 194 g/mol. The monoisotopic (exact) mass is 219 g/mol. The highest BCUT2D eigenvalue weighted by Gasteiger charge is 2.23.